The first-order valence-electron chi connectivity index (χ1n) is 10.2. The Labute approximate surface area is 180 Å². The van der Waals surface area contributed by atoms with Gasteiger partial charge in [0.2, 0.25) is 17.8 Å². The van der Waals surface area contributed by atoms with E-state index < -0.39 is 5.92 Å². The topological polar surface area (TPSA) is 132 Å². The summed E-state index contributed by atoms with van der Waals surface area (Å²) >= 11 is 0. The molecule has 1 unspecified atom stereocenters. The minimum atomic E-state index is -0.814. The second-order valence-corrected chi connectivity index (χ2v) is 7.58. The van der Waals surface area contributed by atoms with Crippen LogP contribution < -0.4 is 30.7 Å². The molecule has 2 amide bonds. The van der Waals surface area contributed by atoms with Gasteiger partial charge in [0.15, 0.2) is 0 Å². The van der Waals surface area contributed by atoms with Crippen molar-refractivity contribution >= 4 is 35.1 Å². The highest BCUT2D eigenvalue weighted by Crippen LogP contribution is 2.38. The zero-order valence-corrected chi connectivity index (χ0v) is 17.6. The minimum absolute atomic E-state index is 0.0477. The summed E-state index contributed by atoms with van der Waals surface area (Å²) in [5.74, 6) is 0.522. The van der Waals surface area contributed by atoms with Crippen LogP contribution in [0.3, 0.4) is 0 Å². The second-order valence-electron chi connectivity index (χ2n) is 7.58. The van der Waals surface area contributed by atoms with Crippen LogP contribution >= 0.6 is 0 Å². The maximum atomic E-state index is 13.1. The number of hydrogen-bond acceptors (Lipinski definition) is 8. The quantitative estimate of drug-likeness (QED) is 0.663. The highest BCUT2D eigenvalue weighted by atomic mass is 16.5. The van der Waals surface area contributed by atoms with Gasteiger partial charge in [-0.2, -0.15) is 9.97 Å². The number of nitrogen functional groups attached to an aromatic ring is 1. The standard InChI is InChI=1S/C21H26N6O4/c1-30-12-6-7-14(15(10-12)31-2)23-20(29)13-11-16(28)24-19-17(13)18(22)25-21(26-19)27-8-4-3-5-9-27/h6-7,10,13H,3-5,8-9,11H2,1-2H3,(H,23,29)(H3,22,24,25,26,28). The van der Waals surface area contributed by atoms with Crippen LogP contribution in [-0.4, -0.2) is 49.1 Å². The van der Waals surface area contributed by atoms with Gasteiger partial charge in [-0.1, -0.05) is 0 Å². The number of ether oxygens (including phenoxy) is 2. The van der Waals surface area contributed by atoms with E-state index in [1.807, 2.05) is 0 Å². The van der Waals surface area contributed by atoms with E-state index in [0.717, 1.165) is 25.9 Å². The zero-order chi connectivity index (χ0) is 22.0. The number of anilines is 4. The van der Waals surface area contributed by atoms with E-state index in [0.29, 0.717) is 34.5 Å². The summed E-state index contributed by atoms with van der Waals surface area (Å²) in [5.41, 5.74) is 7.16. The van der Waals surface area contributed by atoms with E-state index in [4.69, 9.17) is 15.2 Å². The van der Waals surface area contributed by atoms with Gasteiger partial charge < -0.3 is 30.7 Å². The molecule has 4 rings (SSSR count). The summed E-state index contributed by atoms with van der Waals surface area (Å²) in [7, 11) is 3.05. The minimum Gasteiger partial charge on any atom is -0.497 e. The summed E-state index contributed by atoms with van der Waals surface area (Å²) in [5, 5.41) is 5.58. The summed E-state index contributed by atoms with van der Waals surface area (Å²) in [4.78, 5) is 36.5. The number of nitrogens with zero attached hydrogens (tertiary/aromatic N) is 3. The first-order chi connectivity index (χ1) is 15.0. The van der Waals surface area contributed by atoms with Crippen molar-refractivity contribution in [2.75, 3.05) is 48.6 Å². The summed E-state index contributed by atoms with van der Waals surface area (Å²) < 4.78 is 10.5. The highest BCUT2D eigenvalue weighted by molar-refractivity contribution is 6.06. The molecule has 10 heteroatoms. The molecule has 2 aliphatic heterocycles. The van der Waals surface area contributed by atoms with Gasteiger partial charge in [0.1, 0.15) is 23.1 Å². The average Bonchev–Trinajstić information content (AvgIpc) is 2.78. The molecule has 4 N–H and O–H groups in total. The number of rotatable bonds is 5. The largest absolute Gasteiger partial charge is 0.497 e. The maximum Gasteiger partial charge on any atom is 0.232 e. The lowest BCUT2D eigenvalue weighted by atomic mass is 9.91. The smallest absolute Gasteiger partial charge is 0.232 e. The third kappa shape index (κ3) is 4.18. The molecule has 10 nitrogen and oxygen atoms in total. The van der Waals surface area contributed by atoms with Crippen LogP contribution in [0.5, 0.6) is 11.5 Å². The molecule has 2 aromatic rings. The number of piperidine rings is 1. The van der Waals surface area contributed by atoms with Gasteiger partial charge in [0.25, 0.3) is 0 Å². The van der Waals surface area contributed by atoms with E-state index in [-0.39, 0.29) is 24.1 Å². The van der Waals surface area contributed by atoms with Crippen molar-refractivity contribution in [3.05, 3.63) is 23.8 Å². The van der Waals surface area contributed by atoms with E-state index in [1.165, 1.54) is 13.5 Å². The lowest BCUT2D eigenvalue weighted by Crippen LogP contribution is -2.35. The normalized spacial score (nSPS) is 18.1. The predicted octanol–water partition coefficient (Wildman–Crippen LogP) is 2.13. The molecular formula is C21H26N6O4. The molecule has 0 saturated carbocycles. The van der Waals surface area contributed by atoms with E-state index >= 15 is 0 Å². The van der Waals surface area contributed by atoms with Gasteiger partial charge >= 0.3 is 0 Å². The molecule has 0 aliphatic carbocycles. The summed E-state index contributed by atoms with van der Waals surface area (Å²) in [6.07, 6.45) is 3.24. The predicted molar refractivity (Wildman–Crippen MR) is 117 cm³/mol. The lowest BCUT2D eigenvalue weighted by Gasteiger charge is -2.30. The SMILES string of the molecule is COc1ccc(NC(=O)C2CC(=O)Nc3nc(N4CCCCC4)nc(N)c32)c(OC)c1. The molecule has 1 aromatic carbocycles. The van der Waals surface area contributed by atoms with Crippen molar-refractivity contribution < 1.29 is 19.1 Å². The molecule has 0 radical (unpaired) electrons. The average molecular weight is 426 g/mol. The number of methoxy groups -OCH3 is 2. The fourth-order valence-electron chi connectivity index (χ4n) is 3.96. The Bertz CT molecular complexity index is 1010. The Morgan fingerprint density at radius 1 is 1.19 bits per heavy atom. The van der Waals surface area contributed by atoms with Crippen molar-refractivity contribution in [1.29, 1.82) is 0 Å². The van der Waals surface area contributed by atoms with Crippen molar-refractivity contribution in [3.8, 4) is 11.5 Å². The first kappa shape index (κ1) is 20.7. The molecule has 1 atom stereocenters. The van der Waals surface area contributed by atoms with Gasteiger partial charge in [-0.15, -0.1) is 0 Å². The number of aromatic nitrogens is 2. The third-order valence-electron chi connectivity index (χ3n) is 5.58. The number of nitrogens with two attached hydrogens (primary N) is 1. The number of benzene rings is 1. The van der Waals surface area contributed by atoms with Crippen LogP contribution in [0, 0.1) is 0 Å². The van der Waals surface area contributed by atoms with E-state index in [2.05, 4.69) is 25.5 Å². The van der Waals surface area contributed by atoms with Crippen molar-refractivity contribution in [2.45, 2.75) is 31.6 Å². The third-order valence-corrected chi connectivity index (χ3v) is 5.58. The van der Waals surface area contributed by atoms with Crippen molar-refractivity contribution in [2.24, 2.45) is 0 Å². The van der Waals surface area contributed by atoms with Crippen LogP contribution in [0.4, 0.5) is 23.3 Å². The molecule has 2 aliphatic rings. The summed E-state index contributed by atoms with van der Waals surface area (Å²) in [6.45, 7) is 1.68. The number of amides is 2. The van der Waals surface area contributed by atoms with Crippen LogP contribution in [-0.2, 0) is 9.59 Å². The van der Waals surface area contributed by atoms with Gasteiger partial charge in [-0.05, 0) is 31.4 Å². The van der Waals surface area contributed by atoms with E-state index in [1.54, 1.807) is 25.3 Å². The van der Waals surface area contributed by atoms with Crippen molar-refractivity contribution in [3.63, 3.8) is 0 Å². The molecular weight excluding hydrogens is 400 g/mol. The van der Waals surface area contributed by atoms with Gasteiger partial charge in [0, 0.05) is 25.6 Å². The fourth-order valence-corrected chi connectivity index (χ4v) is 3.96. The molecule has 1 fully saturated rings. The highest BCUT2D eigenvalue weighted by Gasteiger charge is 2.35. The molecule has 0 bridgehead atoms. The molecule has 1 saturated heterocycles. The fraction of sp³-hybridized carbons (Fsp3) is 0.429. The van der Waals surface area contributed by atoms with Crippen molar-refractivity contribution in [1.82, 2.24) is 9.97 Å². The van der Waals surface area contributed by atoms with Crippen LogP contribution in [0.1, 0.15) is 37.2 Å². The Hall–Kier alpha value is -3.56. The molecule has 0 spiro atoms. The van der Waals surface area contributed by atoms with Crippen LogP contribution in [0.15, 0.2) is 18.2 Å². The van der Waals surface area contributed by atoms with Crippen LogP contribution in [0.25, 0.3) is 0 Å². The second kappa shape index (κ2) is 8.66. The Balaban J connectivity index is 1.63. The summed E-state index contributed by atoms with van der Waals surface area (Å²) in [6, 6.07) is 5.06. The molecule has 31 heavy (non-hydrogen) atoms. The Kier molecular flexibility index (Phi) is 5.79. The van der Waals surface area contributed by atoms with E-state index in [9.17, 15) is 9.59 Å². The lowest BCUT2D eigenvalue weighted by molar-refractivity contribution is -0.123. The van der Waals surface area contributed by atoms with Gasteiger partial charge in [-0.3, -0.25) is 9.59 Å². The van der Waals surface area contributed by atoms with Crippen LogP contribution in [0.2, 0.25) is 0 Å². The number of nitrogens with one attached hydrogen (secondary N) is 2. The molecule has 3 heterocycles. The Morgan fingerprint density at radius 2 is 1.97 bits per heavy atom. The number of fused-ring (bicyclic) bond motifs is 1. The maximum absolute atomic E-state index is 13.1. The van der Waals surface area contributed by atoms with Gasteiger partial charge in [0.05, 0.1) is 31.4 Å². The number of hydrogen-bond donors (Lipinski definition) is 3. The monoisotopic (exact) mass is 426 g/mol. The molecule has 164 valence electrons. The Morgan fingerprint density at radius 3 is 2.68 bits per heavy atom. The number of carbonyl (C=O) groups is 2. The van der Waals surface area contributed by atoms with Gasteiger partial charge in [-0.25, -0.2) is 0 Å². The molecule has 1 aromatic heterocycles. The first-order valence-corrected chi connectivity index (χ1v) is 10.2. The zero-order valence-electron chi connectivity index (χ0n) is 17.6. The number of carbonyl (C=O) groups excluding carboxylic acids is 2.